The number of non-ortho nitro benzene ring substituents is 1. The summed E-state index contributed by atoms with van der Waals surface area (Å²) < 4.78 is 10.9. The molecule has 1 aromatic rings. The standard InChI is InChI=1S/C19H24N2O6/c1-19(2,3)27-18(23)20-10-14-8-13(14)9-16(20)11-26-17(22)12-4-6-15(7-5-12)21(24)25/h4-7,13-14,16H,8-11H2,1-3H3/t13-,14+,16+/m1/s1. The van der Waals surface area contributed by atoms with Crippen LogP contribution in [0.3, 0.4) is 0 Å². The number of nitrogens with zero attached hydrogens (tertiary/aromatic N) is 2. The molecule has 1 saturated heterocycles. The van der Waals surface area contributed by atoms with Gasteiger partial charge in [-0.05, 0) is 57.6 Å². The van der Waals surface area contributed by atoms with E-state index < -0.39 is 16.5 Å². The summed E-state index contributed by atoms with van der Waals surface area (Å²) >= 11 is 0. The van der Waals surface area contributed by atoms with Crippen LogP contribution >= 0.6 is 0 Å². The van der Waals surface area contributed by atoms with Gasteiger partial charge < -0.3 is 14.4 Å². The zero-order valence-corrected chi connectivity index (χ0v) is 15.7. The van der Waals surface area contributed by atoms with Gasteiger partial charge in [0, 0.05) is 18.7 Å². The molecule has 0 unspecified atom stereocenters. The Kier molecular flexibility index (Phi) is 5.08. The Bertz CT molecular complexity index is 740. The normalized spacial score (nSPS) is 24.0. The number of nitro benzene ring substituents is 1. The van der Waals surface area contributed by atoms with Gasteiger partial charge in [-0.15, -0.1) is 0 Å². The number of benzene rings is 1. The number of fused-ring (bicyclic) bond motifs is 1. The lowest BCUT2D eigenvalue weighted by Gasteiger charge is -2.36. The van der Waals surface area contributed by atoms with Crippen LogP contribution in [0.5, 0.6) is 0 Å². The van der Waals surface area contributed by atoms with Crippen LogP contribution in [0.4, 0.5) is 10.5 Å². The van der Waals surface area contributed by atoms with Crippen molar-refractivity contribution in [1.82, 2.24) is 4.90 Å². The third-order valence-electron chi connectivity index (χ3n) is 4.86. The van der Waals surface area contributed by atoms with Crippen molar-refractivity contribution in [2.75, 3.05) is 13.2 Å². The molecule has 1 heterocycles. The first-order valence-electron chi connectivity index (χ1n) is 9.05. The Morgan fingerprint density at radius 3 is 2.44 bits per heavy atom. The summed E-state index contributed by atoms with van der Waals surface area (Å²) in [5.41, 5.74) is -0.434. The molecule has 2 aliphatic rings. The number of carbonyl (C=O) groups is 2. The molecule has 1 aliphatic carbocycles. The van der Waals surface area contributed by atoms with Crippen LogP contribution in [0.1, 0.15) is 44.0 Å². The SMILES string of the molecule is CC(C)(C)OC(=O)N1C[C@@H]2C[C@@H]2C[C@H]1COC(=O)c1ccc([N+](=O)[O-])cc1. The minimum Gasteiger partial charge on any atom is -0.460 e. The van der Waals surface area contributed by atoms with E-state index in [1.165, 1.54) is 24.3 Å². The average molecular weight is 376 g/mol. The molecule has 3 rings (SSSR count). The molecule has 0 radical (unpaired) electrons. The molecule has 1 aliphatic heterocycles. The van der Waals surface area contributed by atoms with Crippen molar-refractivity contribution in [3.05, 3.63) is 39.9 Å². The second kappa shape index (κ2) is 7.17. The van der Waals surface area contributed by atoms with Gasteiger partial charge in [-0.2, -0.15) is 0 Å². The molecule has 0 aromatic heterocycles. The van der Waals surface area contributed by atoms with Crippen molar-refractivity contribution >= 4 is 17.7 Å². The van der Waals surface area contributed by atoms with E-state index in [0.29, 0.717) is 18.4 Å². The van der Waals surface area contributed by atoms with Gasteiger partial charge in [0.1, 0.15) is 12.2 Å². The topological polar surface area (TPSA) is 99.0 Å². The number of piperidine rings is 1. The number of amides is 1. The Morgan fingerprint density at radius 1 is 1.19 bits per heavy atom. The van der Waals surface area contributed by atoms with E-state index in [1.807, 2.05) is 20.8 Å². The summed E-state index contributed by atoms with van der Waals surface area (Å²) in [6.07, 6.45) is 1.49. The minimum atomic E-state index is -0.586. The lowest BCUT2D eigenvalue weighted by Crippen LogP contribution is -2.49. The lowest BCUT2D eigenvalue weighted by molar-refractivity contribution is -0.384. The number of nitro groups is 1. The van der Waals surface area contributed by atoms with E-state index in [0.717, 1.165) is 12.8 Å². The van der Waals surface area contributed by atoms with Crippen LogP contribution in [0, 0.1) is 22.0 Å². The Hall–Kier alpha value is -2.64. The molecule has 146 valence electrons. The van der Waals surface area contributed by atoms with E-state index in [2.05, 4.69) is 0 Å². The maximum atomic E-state index is 12.5. The van der Waals surface area contributed by atoms with Crippen LogP contribution in [0.25, 0.3) is 0 Å². The zero-order chi connectivity index (χ0) is 19.8. The van der Waals surface area contributed by atoms with Gasteiger partial charge in [0.05, 0.1) is 16.5 Å². The smallest absolute Gasteiger partial charge is 0.410 e. The molecule has 1 saturated carbocycles. The lowest BCUT2D eigenvalue weighted by atomic mass is 10.0. The number of likely N-dealkylation sites (tertiary alicyclic amines) is 1. The van der Waals surface area contributed by atoms with Crippen molar-refractivity contribution in [3.63, 3.8) is 0 Å². The first-order chi connectivity index (χ1) is 12.6. The van der Waals surface area contributed by atoms with Gasteiger partial charge in [-0.3, -0.25) is 10.1 Å². The first-order valence-corrected chi connectivity index (χ1v) is 9.05. The fourth-order valence-corrected chi connectivity index (χ4v) is 3.38. The highest BCUT2D eigenvalue weighted by Crippen LogP contribution is 2.47. The predicted octanol–water partition coefficient (Wildman–Crippen LogP) is 3.40. The monoisotopic (exact) mass is 376 g/mol. The van der Waals surface area contributed by atoms with E-state index in [-0.39, 0.29) is 30.0 Å². The predicted molar refractivity (Wildman–Crippen MR) is 96.3 cm³/mol. The molecule has 1 aromatic carbocycles. The maximum absolute atomic E-state index is 12.5. The molecule has 1 amide bonds. The van der Waals surface area contributed by atoms with E-state index in [9.17, 15) is 19.7 Å². The zero-order valence-electron chi connectivity index (χ0n) is 15.7. The van der Waals surface area contributed by atoms with Gasteiger partial charge >= 0.3 is 12.1 Å². The number of hydrogen-bond donors (Lipinski definition) is 0. The summed E-state index contributed by atoms with van der Waals surface area (Å²) in [6, 6.07) is 5.04. The number of esters is 1. The van der Waals surface area contributed by atoms with Crippen LogP contribution in [0.2, 0.25) is 0 Å². The van der Waals surface area contributed by atoms with E-state index >= 15 is 0 Å². The maximum Gasteiger partial charge on any atom is 0.410 e. The molecule has 3 atom stereocenters. The number of ether oxygens (including phenoxy) is 2. The molecule has 8 nitrogen and oxygen atoms in total. The highest BCUT2D eigenvalue weighted by atomic mass is 16.6. The third kappa shape index (κ3) is 4.75. The van der Waals surface area contributed by atoms with Crippen LogP contribution in [-0.2, 0) is 9.47 Å². The van der Waals surface area contributed by atoms with E-state index in [1.54, 1.807) is 4.90 Å². The van der Waals surface area contributed by atoms with E-state index in [4.69, 9.17) is 9.47 Å². The average Bonchev–Trinajstić information content (AvgIpc) is 3.35. The van der Waals surface area contributed by atoms with Gasteiger partial charge in [-0.25, -0.2) is 9.59 Å². The largest absolute Gasteiger partial charge is 0.460 e. The highest BCUT2D eigenvalue weighted by Gasteiger charge is 2.48. The number of carbonyl (C=O) groups excluding carboxylic acids is 2. The second-order valence-electron chi connectivity index (χ2n) is 8.18. The molecule has 8 heteroatoms. The summed E-state index contributed by atoms with van der Waals surface area (Å²) in [7, 11) is 0. The van der Waals surface area contributed by atoms with Gasteiger partial charge in [-0.1, -0.05) is 0 Å². The fourth-order valence-electron chi connectivity index (χ4n) is 3.38. The molecule has 27 heavy (non-hydrogen) atoms. The Morgan fingerprint density at radius 2 is 1.85 bits per heavy atom. The summed E-state index contributed by atoms with van der Waals surface area (Å²) in [5.74, 6) is 0.526. The first kappa shape index (κ1) is 19.1. The molecular weight excluding hydrogens is 352 g/mol. The second-order valence-corrected chi connectivity index (χ2v) is 8.18. The third-order valence-corrected chi connectivity index (χ3v) is 4.86. The molecule has 0 bridgehead atoms. The quantitative estimate of drug-likeness (QED) is 0.454. The van der Waals surface area contributed by atoms with Gasteiger partial charge in [0.2, 0.25) is 0 Å². The molecule has 2 fully saturated rings. The van der Waals surface area contributed by atoms with Crippen LogP contribution in [-0.4, -0.2) is 46.7 Å². The Labute approximate surface area is 157 Å². The van der Waals surface area contributed by atoms with Gasteiger partial charge in [0.15, 0.2) is 0 Å². The summed E-state index contributed by atoms with van der Waals surface area (Å²) in [6.45, 7) is 6.16. The van der Waals surface area contributed by atoms with Crippen LogP contribution in [0.15, 0.2) is 24.3 Å². The molecular formula is C19H24N2O6. The van der Waals surface area contributed by atoms with Crippen molar-refractivity contribution in [3.8, 4) is 0 Å². The van der Waals surface area contributed by atoms with Crippen molar-refractivity contribution < 1.29 is 24.0 Å². The highest BCUT2D eigenvalue weighted by molar-refractivity contribution is 5.89. The van der Waals surface area contributed by atoms with Crippen molar-refractivity contribution in [2.24, 2.45) is 11.8 Å². The summed E-state index contributed by atoms with van der Waals surface area (Å²) in [4.78, 5) is 36.6. The van der Waals surface area contributed by atoms with Crippen molar-refractivity contribution in [2.45, 2.75) is 45.3 Å². The summed E-state index contributed by atoms with van der Waals surface area (Å²) in [5, 5.41) is 10.7. The number of hydrogen-bond acceptors (Lipinski definition) is 6. The molecule has 0 spiro atoms. The minimum absolute atomic E-state index is 0.0816. The fraction of sp³-hybridized carbons (Fsp3) is 0.579. The van der Waals surface area contributed by atoms with Crippen LogP contribution < -0.4 is 0 Å². The molecule has 0 N–H and O–H groups in total. The Balaban J connectivity index is 1.61. The van der Waals surface area contributed by atoms with Crippen molar-refractivity contribution in [1.29, 1.82) is 0 Å². The number of rotatable bonds is 4. The van der Waals surface area contributed by atoms with Gasteiger partial charge in [0.25, 0.3) is 5.69 Å².